The second-order valence-corrected chi connectivity index (χ2v) is 8.04. The number of hydrogen-bond acceptors (Lipinski definition) is 7. The third kappa shape index (κ3) is 3.42. The van der Waals surface area contributed by atoms with Crippen molar-refractivity contribution in [1.29, 1.82) is 0 Å². The molecule has 29 heavy (non-hydrogen) atoms. The van der Waals surface area contributed by atoms with Crippen LogP contribution in [0.2, 0.25) is 0 Å². The number of rotatable bonds is 4. The minimum atomic E-state index is 0.323. The number of piperidine rings is 1. The van der Waals surface area contributed by atoms with Gasteiger partial charge in [-0.15, -0.1) is 0 Å². The number of hydrogen-bond donors (Lipinski definition) is 1. The van der Waals surface area contributed by atoms with Crippen LogP contribution >= 0.6 is 0 Å². The van der Waals surface area contributed by atoms with Gasteiger partial charge in [0.15, 0.2) is 0 Å². The van der Waals surface area contributed by atoms with Gasteiger partial charge in [0.25, 0.3) is 0 Å². The molecular formula is C21H27N7O. The summed E-state index contributed by atoms with van der Waals surface area (Å²) in [6, 6.07) is 2.60. The lowest BCUT2D eigenvalue weighted by atomic mass is 10.1. The Morgan fingerprint density at radius 2 is 1.83 bits per heavy atom. The number of methoxy groups -OCH3 is 1. The van der Waals surface area contributed by atoms with Gasteiger partial charge in [0, 0.05) is 32.4 Å². The third-order valence-electron chi connectivity index (χ3n) is 6.32. The maximum Gasteiger partial charge on any atom is 0.227 e. The van der Waals surface area contributed by atoms with E-state index in [1.165, 1.54) is 25.7 Å². The Bertz CT molecular complexity index is 1000. The predicted octanol–water partition coefficient (Wildman–Crippen LogP) is 3.20. The van der Waals surface area contributed by atoms with Crippen molar-refractivity contribution in [3.8, 4) is 11.3 Å². The molecule has 2 aliphatic rings. The number of pyridine rings is 1. The van der Waals surface area contributed by atoms with E-state index in [4.69, 9.17) is 10.5 Å². The summed E-state index contributed by atoms with van der Waals surface area (Å²) in [4.78, 5) is 20.4. The van der Waals surface area contributed by atoms with Crippen LogP contribution in [0.25, 0.3) is 22.3 Å². The van der Waals surface area contributed by atoms with Gasteiger partial charge in [0.1, 0.15) is 11.3 Å². The lowest BCUT2D eigenvalue weighted by Crippen LogP contribution is -2.37. The van der Waals surface area contributed by atoms with Crippen molar-refractivity contribution in [3.05, 3.63) is 24.8 Å². The van der Waals surface area contributed by atoms with Crippen LogP contribution < -0.4 is 10.6 Å². The normalized spacial score (nSPS) is 18.7. The van der Waals surface area contributed by atoms with Crippen LogP contribution in [0, 0.1) is 0 Å². The first kappa shape index (κ1) is 18.3. The average molecular weight is 393 g/mol. The maximum absolute atomic E-state index is 6.33. The van der Waals surface area contributed by atoms with Gasteiger partial charge in [-0.3, -0.25) is 4.98 Å². The molecular weight excluding hydrogens is 366 g/mol. The van der Waals surface area contributed by atoms with Crippen molar-refractivity contribution in [1.82, 2.24) is 24.5 Å². The topological polar surface area (TPSA) is 95.0 Å². The molecule has 0 unspecified atom stereocenters. The van der Waals surface area contributed by atoms with E-state index in [-0.39, 0.29) is 0 Å². The zero-order valence-corrected chi connectivity index (χ0v) is 16.8. The first-order valence-electron chi connectivity index (χ1n) is 10.5. The molecule has 2 N–H and O–H groups in total. The van der Waals surface area contributed by atoms with Gasteiger partial charge >= 0.3 is 0 Å². The molecule has 3 aromatic rings. The van der Waals surface area contributed by atoms with E-state index in [0.29, 0.717) is 23.9 Å². The molecule has 8 heteroatoms. The molecule has 0 aromatic carbocycles. The van der Waals surface area contributed by atoms with Crippen LogP contribution in [0.1, 0.15) is 44.6 Å². The quantitative estimate of drug-likeness (QED) is 0.727. The van der Waals surface area contributed by atoms with E-state index in [2.05, 4.69) is 35.5 Å². The molecule has 3 aromatic heterocycles. The molecule has 5 rings (SSSR count). The zero-order chi connectivity index (χ0) is 19.8. The number of fused-ring (bicyclic) bond motifs is 1. The Hall–Kier alpha value is -2.74. The lowest BCUT2D eigenvalue weighted by molar-refractivity contribution is 0.0816. The summed E-state index contributed by atoms with van der Waals surface area (Å²) in [5.41, 5.74) is 9.90. The molecule has 1 saturated heterocycles. The summed E-state index contributed by atoms with van der Waals surface area (Å²) < 4.78 is 7.73. The van der Waals surface area contributed by atoms with Crippen molar-refractivity contribution in [2.75, 3.05) is 30.8 Å². The summed E-state index contributed by atoms with van der Waals surface area (Å²) in [6.45, 7) is 1.75. The second-order valence-electron chi connectivity index (χ2n) is 8.04. The Balaban J connectivity index is 1.43. The summed E-state index contributed by atoms with van der Waals surface area (Å²) in [5, 5.41) is 0. The molecule has 0 atom stereocenters. The van der Waals surface area contributed by atoms with Crippen molar-refractivity contribution in [2.24, 2.45) is 0 Å². The Morgan fingerprint density at radius 1 is 1.03 bits per heavy atom. The number of anilines is 2. The first-order chi connectivity index (χ1) is 14.2. The Labute approximate surface area is 170 Å². The van der Waals surface area contributed by atoms with Crippen LogP contribution in [0.5, 0.6) is 0 Å². The van der Waals surface area contributed by atoms with Crippen LogP contribution in [0.15, 0.2) is 24.8 Å². The van der Waals surface area contributed by atoms with Gasteiger partial charge in [-0.2, -0.15) is 4.98 Å². The van der Waals surface area contributed by atoms with Crippen molar-refractivity contribution < 1.29 is 4.74 Å². The van der Waals surface area contributed by atoms with E-state index >= 15 is 0 Å². The number of aromatic nitrogens is 5. The monoisotopic (exact) mass is 393 g/mol. The standard InChI is InChI=1S/C21H27N7O/c1-29-15-6-8-27(9-7-15)21-24-11-16(20(22)26-21)17-10-19-18(12-23-17)25-13-28(19)14-4-2-3-5-14/h10-15H,2-9H2,1H3,(H2,22,24,26). The van der Waals surface area contributed by atoms with Crippen molar-refractivity contribution >= 4 is 22.8 Å². The molecule has 8 nitrogen and oxygen atoms in total. The summed E-state index contributed by atoms with van der Waals surface area (Å²) in [7, 11) is 1.77. The molecule has 4 heterocycles. The third-order valence-corrected chi connectivity index (χ3v) is 6.32. The van der Waals surface area contributed by atoms with E-state index < -0.39 is 0 Å². The Morgan fingerprint density at radius 3 is 2.55 bits per heavy atom. The molecule has 152 valence electrons. The number of nitrogens with two attached hydrogens (primary N) is 1. The predicted molar refractivity (Wildman–Crippen MR) is 113 cm³/mol. The molecule has 0 radical (unpaired) electrons. The molecule has 1 aliphatic heterocycles. The fraction of sp³-hybridized carbons (Fsp3) is 0.524. The van der Waals surface area contributed by atoms with Crippen molar-refractivity contribution in [3.63, 3.8) is 0 Å². The molecule has 1 aliphatic carbocycles. The molecule has 1 saturated carbocycles. The van der Waals surface area contributed by atoms with Gasteiger partial charge in [-0.1, -0.05) is 12.8 Å². The molecule has 0 bridgehead atoms. The minimum absolute atomic E-state index is 0.323. The highest BCUT2D eigenvalue weighted by Gasteiger charge is 2.22. The van der Waals surface area contributed by atoms with Crippen LogP contribution in [-0.4, -0.2) is 50.8 Å². The summed E-state index contributed by atoms with van der Waals surface area (Å²) in [6.07, 6.45) is 12.8. The fourth-order valence-electron chi connectivity index (χ4n) is 4.58. The van der Waals surface area contributed by atoms with E-state index in [0.717, 1.165) is 48.2 Å². The van der Waals surface area contributed by atoms with Gasteiger partial charge in [-0.25, -0.2) is 9.97 Å². The summed E-state index contributed by atoms with van der Waals surface area (Å²) in [5.74, 6) is 1.14. The minimum Gasteiger partial charge on any atom is -0.383 e. The number of nitrogen functional groups attached to an aromatic ring is 1. The second kappa shape index (κ2) is 7.59. The SMILES string of the molecule is COC1CCN(c2ncc(-c3cc4c(cn3)ncn4C3CCCC3)c(N)n2)CC1. The van der Waals surface area contributed by atoms with E-state index in [1.807, 2.05) is 12.5 Å². The van der Waals surface area contributed by atoms with Crippen LogP contribution in [-0.2, 0) is 4.74 Å². The highest BCUT2D eigenvalue weighted by molar-refractivity contribution is 5.82. The highest BCUT2D eigenvalue weighted by Crippen LogP contribution is 2.33. The molecule has 0 amide bonds. The maximum atomic E-state index is 6.33. The Kier molecular flexibility index (Phi) is 4.79. The first-order valence-corrected chi connectivity index (χ1v) is 10.5. The van der Waals surface area contributed by atoms with Crippen molar-refractivity contribution in [2.45, 2.75) is 50.7 Å². The van der Waals surface area contributed by atoms with Gasteiger partial charge in [0.05, 0.1) is 35.4 Å². The van der Waals surface area contributed by atoms with Gasteiger partial charge in [0.2, 0.25) is 5.95 Å². The number of imidazole rings is 1. The molecule has 0 spiro atoms. The smallest absolute Gasteiger partial charge is 0.227 e. The number of nitrogens with zero attached hydrogens (tertiary/aromatic N) is 6. The van der Waals surface area contributed by atoms with E-state index in [1.54, 1.807) is 13.3 Å². The van der Waals surface area contributed by atoms with Gasteiger partial charge < -0.3 is 19.9 Å². The van der Waals surface area contributed by atoms with E-state index in [9.17, 15) is 0 Å². The number of ether oxygens (including phenoxy) is 1. The van der Waals surface area contributed by atoms with Crippen LogP contribution in [0.3, 0.4) is 0 Å². The van der Waals surface area contributed by atoms with Gasteiger partial charge in [-0.05, 0) is 31.7 Å². The average Bonchev–Trinajstić information content (AvgIpc) is 3.43. The summed E-state index contributed by atoms with van der Waals surface area (Å²) >= 11 is 0. The lowest BCUT2D eigenvalue weighted by Gasteiger charge is -2.31. The highest BCUT2D eigenvalue weighted by atomic mass is 16.5. The molecule has 2 fully saturated rings. The largest absolute Gasteiger partial charge is 0.383 e. The van der Waals surface area contributed by atoms with Crippen LogP contribution in [0.4, 0.5) is 11.8 Å². The zero-order valence-electron chi connectivity index (χ0n) is 16.8. The fourth-order valence-corrected chi connectivity index (χ4v) is 4.58.